The maximum absolute atomic E-state index is 11.9. The number of benzene rings is 1. The zero-order chi connectivity index (χ0) is 16.3. The number of carbonyl (C=O) groups excluding carboxylic acids is 1. The van der Waals surface area contributed by atoms with Crippen LogP contribution in [-0.2, 0) is 4.79 Å². The third-order valence-corrected chi connectivity index (χ3v) is 3.53. The lowest BCUT2D eigenvalue weighted by Gasteiger charge is -2.07. The van der Waals surface area contributed by atoms with Crippen molar-refractivity contribution in [2.75, 3.05) is 0 Å². The molecular weight excluding hydrogens is 286 g/mol. The molecule has 0 aliphatic heterocycles. The van der Waals surface area contributed by atoms with E-state index in [1.165, 1.54) is 12.8 Å². The van der Waals surface area contributed by atoms with Crippen LogP contribution in [0.5, 0.6) is 0 Å². The maximum atomic E-state index is 11.9. The van der Waals surface area contributed by atoms with Crippen molar-refractivity contribution in [1.82, 2.24) is 10.4 Å². The van der Waals surface area contributed by atoms with Crippen molar-refractivity contribution in [3.05, 3.63) is 66.0 Å². The number of amides is 1. The topological polar surface area (TPSA) is 54.4 Å². The van der Waals surface area contributed by atoms with Gasteiger partial charge in [0.2, 0.25) is 5.91 Å². The molecule has 0 saturated carbocycles. The molecule has 0 saturated heterocycles. The molecule has 1 aromatic heterocycles. The minimum absolute atomic E-state index is 0.0431. The Morgan fingerprint density at radius 1 is 1.04 bits per heavy atom. The number of hydrogen-bond acceptors (Lipinski definition) is 3. The van der Waals surface area contributed by atoms with Crippen molar-refractivity contribution in [3.8, 4) is 0 Å². The van der Waals surface area contributed by atoms with Gasteiger partial charge in [0.05, 0.1) is 5.71 Å². The first-order valence-corrected chi connectivity index (χ1v) is 8.13. The highest BCUT2D eigenvalue weighted by atomic mass is 16.2. The number of nitrogens with zero attached hydrogens (tertiary/aromatic N) is 2. The molecule has 0 aliphatic rings. The lowest BCUT2D eigenvalue weighted by molar-refractivity contribution is -0.121. The van der Waals surface area contributed by atoms with Gasteiger partial charge in [0, 0.05) is 29.9 Å². The molecule has 1 heterocycles. The Morgan fingerprint density at radius 2 is 1.83 bits per heavy atom. The number of carbonyl (C=O) groups is 1. The van der Waals surface area contributed by atoms with Crippen LogP contribution in [0.1, 0.15) is 50.2 Å². The summed E-state index contributed by atoms with van der Waals surface area (Å²) in [5.41, 5.74) is 5.23. The predicted molar refractivity (Wildman–Crippen MR) is 93.2 cm³/mol. The van der Waals surface area contributed by atoms with Gasteiger partial charge in [-0.15, -0.1) is 0 Å². The lowest BCUT2D eigenvalue weighted by Crippen LogP contribution is -2.20. The largest absolute Gasteiger partial charge is 0.273 e. The van der Waals surface area contributed by atoms with Crippen molar-refractivity contribution in [3.63, 3.8) is 0 Å². The van der Waals surface area contributed by atoms with Gasteiger partial charge in [-0.25, -0.2) is 5.43 Å². The zero-order valence-electron chi connectivity index (χ0n) is 13.5. The first-order chi connectivity index (χ1) is 11.3. The summed E-state index contributed by atoms with van der Waals surface area (Å²) in [5.74, 6) is -0.0431. The van der Waals surface area contributed by atoms with Crippen LogP contribution < -0.4 is 5.43 Å². The highest BCUT2D eigenvalue weighted by molar-refractivity contribution is 6.12. The average molecular weight is 309 g/mol. The highest BCUT2D eigenvalue weighted by Gasteiger charge is 2.08. The molecule has 2 rings (SSSR count). The van der Waals surface area contributed by atoms with E-state index in [-0.39, 0.29) is 5.91 Å². The van der Waals surface area contributed by atoms with E-state index >= 15 is 0 Å². The standard InChI is InChI=1S/C19H23N3O/c1-2-3-4-8-13-18(23)21-22-19(16-10-6-5-7-11-16)17-12-9-14-20-15-17/h5-7,9-12,14-15H,2-4,8,13H2,1H3,(H,21,23)/b22-19+. The molecule has 0 fully saturated rings. The minimum atomic E-state index is -0.0431. The summed E-state index contributed by atoms with van der Waals surface area (Å²) in [6.45, 7) is 2.16. The summed E-state index contributed by atoms with van der Waals surface area (Å²) in [7, 11) is 0. The predicted octanol–water partition coefficient (Wildman–Crippen LogP) is 3.92. The van der Waals surface area contributed by atoms with Crippen LogP contribution in [0.4, 0.5) is 0 Å². The third kappa shape index (κ3) is 5.66. The van der Waals surface area contributed by atoms with E-state index in [4.69, 9.17) is 0 Å². The Bertz CT molecular complexity index is 582. The van der Waals surface area contributed by atoms with Crippen LogP contribution >= 0.6 is 0 Å². The fourth-order valence-electron chi connectivity index (χ4n) is 2.28. The van der Waals surface area contributed by atoms with E-state index in [2.05, 4.69) is 22.4 Å². The SMILES string of the molecule is CCCCCCC(=O)N/N=C(\c1ccccc1)c1cccnc1. The van der Waals surface area contributed by atoms with Gasteiger partial charge in [0.1, 0.15) is 0 Å². The van der Waals surface area contributed by atoms with Crippen LogP contribution in [0.3, 0.4) is 0 Å². The molecule has 0 atom stereocenters. The second kappa shape index (κ2) is 9.51. The molecule has 1 aromatic carbocycles. The Morgan fingerprint density at radius 3 is 2.52 bits per heavy atom. The molecule has 1 amide bonds. The molecule has 120 valence electrons. The molecule has 0 radical (unpaired) electrons. The van der Waals surface area contributed by atoms with Crippen molar-refractivity contribution < 1.29 is 4.79 Å². The van der Waals surface area contributed by atoms with Crippen LogP contribution in [0.25, 0.3) is 0 Å². The number of unbranched alkanes of at least 4 members (excludes halogenated alkanes) is 3. The summed E-state index contributed by atoms with van der Waals surface area (Å²) in [6.07, 6.45) is 8.31. The number of aromatic nitrogens is 1. The van der Waals surface area contributed by atoms with Gasteiger partial charge in [-0.1, -0.05) is 56.5 Å². The van der Waals surface area contributed by atoms with Crippen molar-refractivity contribution in [2.45, 2.75) is 39.0 Å². The fourth-order valence-corrected chi connectivity index (χ4v) is 2.28. The molecule has 0 bridgehead atoms. The van der Waals surface area contributed by atoms with Crippen LogP contribution in [0, 0.1) is 0 Å². The normalized spacial score (nSPS) is 11.3. The van der Waals surface area contributed by atoms with Gasteiger partial charge in [-0.05, 0) is 18.6 Å². The van der Waals surface area contributed by atoms with Gasteiger partial charge in [-0.3, -0.25) is 9.78 Å². The zero-order valence-corrected chi connectivity index (χ0v) is 13.5. The number of rotatable bonds is 8. The van der Waals surface area contributed by atoms with Crippen molar-refractivity contribution in [1.29, 1.82) is 0 Å². The van der Waals surface area contributed by atoms with Gasteiger partial charge >= 0.3 is 0 Å². The highest BCUT2D eigenvalue weighted by Crippen LogP contribution is 2.09. The molecule has 4 nitrogen and oxygen atoms in total. The van der Waals surface area contributed by atoms with E-state index in [0.29, 0.717) is 6.42 Å². The molecular formula is C19H23N3O. The van der Waals surface area contributed by atoms with Crippen LogP contribution in [0.15, 0.2) is 60.0 Å². The van der Waals surface area contributed by atoms with E-state index in [1.807, 2.05) is 42.5 Å². The number of hydrogen-bond donors (Lipinski definition) is 1. The number of hydrazone groups is 1. The van der Waals surface area contributed by atoms with Gasteiger partial charge in [0.15, 0.2) is 0 Å². The Hall–Kier alpha value is -2.49. The first kappa shape index (κ1) is 16.9. The maximum Gasteiger partial charge on any atom is 0.240 e. The second-order valence-corrected chi connectivity index (χ2v) is 5.41. The second-order valence-electron chi connectivity index (χ2n) is 5.41. The van der Waals surface area contributed by atoms with Gasteiger partial charge in [-0.2, -0.15) is 5.10 Å². The summed E-state index contributed by atoms with van der Waals surface area (Å²) < 4.78 is 0. The Labute approximate surface area is 137 Å². The quantitative estimate of drug-likeness (QED) is 0.456. The third-order valence-electron chi connectivity index (χ3n) is 3.53. The van der Waals surface area contributed by atoms with E-state index in [0.717, 1.165) is 29.7 Å². The van der Waals surface area contributed by atoms with Crippen LogP contribution in [0.2, 0.25) is 0 Å². The summed E-state index contributed by atoms with van der Waals surface area (Å²) in [4.78, 5) is 16.1. The monoisotopic (exact) mass is 309 g/mol. The lowest BCUT2D eigenvalue weighted by atomic mass is 10.0. The number of nitrogens with one attached hydrogen (secondary N) is 1. The summed E-state index contributed by atoms with van der Waals surface area (Å²) >= 11 is 0. The van der Waals surface area contributed by atoms with E-state index in [9.17, 15) is 4.79 Å². The summed E-state index contributed by atoms with van der Waals surface area (Å²) in [5, 5.41) is 4.34. The number of pyridine rings is 1. The fraction of sp³-hybridized carbons (Fsp3) is 0.316. The van der Waals surface area contributed by atoms with E-state index in [1.54, 1.807) is 12.4 Å². The minimum Gasteiger partial charge on any atom is -0.273 e. The molecule has 2 aromatic rings. The van der Waals surface area contributed by atoms with Gasteiger partial charge < -0.3 is 0 Å². The molecule has 1 N–H and O–H groups in total. The first-order valence-electron chi connectivity index (χ1n) is 8.13. The summed E-state index contributed by atoms with van der Waals surface area (Å²) in [6, 6.07) is 13.6. The Kier molecular flexibility index (Phi) is 6.98. The smallest absolute Gasteiger partial charge is 0.240 e. The molecule has 23 heavy (non-hydrogen) atoms. The average Bonchev–Trinajstić information content (AvgIpc) is 2.61. The van der Waals surface area contributed by atoms with Crippen molar-refractivity contribution in [2.24, 2.45) is 5.10 Å². The van der Waals surface area contributed by atoms with Crippen LogP contribution in [-0.4, -0.2) is 16.6 Å². The van der Waals surface area contributed by atoms with Crippen molar-refractivity contribution >= 4 is 11.6 Å². The molecule has 4 heteroatoms. The van der Waals surface area contributed by atoms with E-state index < -0.39 is 0 Å². The Balaban J connectivity index is 2.07. The van der Waals surface area contributed by atoms with Gasteiger partial charge in [0.25, 0.3) is 0 Å². The molecule has 0 aliphatic carbocycles. The molecule has 0 unspecified atom stereocenters. The molecule has 0 spiro atoms.